The molecular weight excluding hydrogens is 537 g/mol. The topological polar surface area (TPSA) is 138 Å². The quantitative estimate of drug-likeness (QED) is 0.454. The Morgan fingerprint density at radius 1 is 0.875 bits per heavy atom. The summed E-state index contributed by atoms with van der Waals surface area (Å²) < 4.78 is 46.7. The van der Waals surface area contributed by atoms with Crippen molar-refractivity contribution in [1.82, 2.24) is 20.4 Å². The number of amides is 5. The number of benzene rings is 2. The van der Waals surface area contributed by atoms with Crippen LogP contribution < -0.4 is 20.1 Å². The number of alkyl halides is 3. The Morgan fingerprint density at radius 3 is 1.88 bits per heavy atom. The van der Waals surface area contributed by atoms with Crippen molar-refractivity contribution in [2.45, 2.75) is 24.7 Å². The number of ether oxygens (including phenoxy) is 2. The zero-order valence-electron chi connectivity index (χ0n) is 21.0. The minimum atomic E-state index is -4.82. The monoisotopic (exact) mass is 562 g/mol. The third kappa shape index (κ3) is 5.07. The van der Waals surface area contributed by atoms with E-state index in [1.165, 1.54) is 36.4 Å². The third-order valence-electron chi connectivity index (χ3n) is 7.52. The van der Waals surface area contributed by atoms with Gasteiger partial charge >= 0.3 is 12.4 Å². The van der Waals surface area contributed by atoms with Crippen LogP contribution >= 0.6 is 0 Å². The number of nitrogens with zero attached hydrogens (tertiary/aromatic N) is 2. The Labute approximate surface area is 225 Å². The first-order valence-electron chi connectivity index (χ1n) is 12.4. The van der Waals surface area contributed by atoms with Gasteiger partial charge in [-0.3, -0.25) is 29.9 Å². The molecule has 0 saturated carbocycles. The molecule has 14 heteroatoms. The minimum absolute atomic E-state index is 0.168. The summed E-state index contributed by atoms with van der Waals surface area (Å²) in [5, 5.41) is 13.5. The molecule has 0 atom stereocenters. The van der Waals surface area contributed by atoms with Crippen molar-refractivity contribution in [2.75, 3.05) is 32.8 Å². The lowest BCUT2D eigenvalue weighted by atomic mass is 9.70. The first-order valence-corrected chi connectivity index (χ1v) is 12.4. The number of barbiturate groups is 1. The molecule has 0 aliphatic carbocycles. The number of piperidine rings is 1. The van der Waals surface area contributed by atoms with Crippen LogP contribution in [0, 0.1) is 5.41 Å². The molecule has 3 aliphatic rings. The van der Waals surface area contributed by atoms with Gasteiger partial charge in [0.25, 0.3) is 11.8 Å². The average Bonchev–Trinajstić information content (AvgIpc) is 2.88. The maximum Gasteiger partial charge on any atom is 0.573 e. The van der Waals surface area contributed by atoms with E-state index < -0.39 is 42.1 Å². The largest absolute Gasteiger partial charge is 0.573 e. The number of urea groups is 1. The maximum atomic E-state index is 13.3. The van der Waals surface area contributed by atoms with Crippen LogP contribution in [0.25, 0.3) is 0 Å². The average molecular weight is 563 g/mol. The number of imide groups is 2. The fourth-order valence-corrected chi connectivity index (χ4v) is 5.54. The zero-order chi connectivity index (χ0) is 28.7. The molecule has 5 rings (SSSR count). The van der Waals surface area contributed by atoms with Gasteiger partial charge in [0.15, 0.2) is 0 Å². The smallest absolute Gasteiger partial charge is 0.457 e. The van der Waals surface area contributed by atoms with Gasteiger partial charge in [0.05, 0.1) is 0 Å². The predicted octanol–water partition coefficient (Wildman–Crippen LogP) is 1.86. The second-order valence-electron chi connectivity index (χ2n) is 9.99. The summed E-state index contributed by atoms with van der Waals surface area (Å²) in [6.07, 6.45) is -3.63. The van der Waals surface area contributed by atoms with Crippen LogP contribution in [0.4, 0.5) is 18.0 Å². The lowest BCUT2D eigenvalue weighted by Gasteiger charge is -2.56. The Morgan fingerprint density at radius 2 is 1.38 bits per heavy atom. The van der Waals surface area contributed by atoms with E-state index in [-0.39, 0.29) is 28.4 Å². The van der Waals surface area contributed by atoms with Crippen LogP contribution in [0.15, 0.2) is 48.5 Å². The van der Waals surface area contributed by atoms with Crippen molar-refractivity contribution in [2.24, 2.45) is 5.41 Å². The highest BCUT2D eigenvalue weighted by Crippen LogP contribution is 2.44. The number of rotatable bonds is 6. The normalized spacial score (nSPS) is 20.4. The molecule has 2 aromatic rings. The fourth-order valence-electron chi connectivity index (χ4n) is 5.54. The van der Waals surface area contributed by atoms with E-state index in [9.17, 15) is 32.3 Å². The first-order chi connectivity index (χ1) is 18.9. The number of hydrogen-bond donors (Lipinski definition) is 3. The molecule has 11 nitrogen and oxygen atoms in total. The Balaban J connectivity index is 1.34. The molecule has 0 aromatic heterocycles. The summed E-state index contributed by atoms with van der Waals surface area (Å²) in [5.41, 5.74) is -1.72. The number of halogens is 3. The Bertz CT molecular complexity index is 1300. The fraction of sp³-hybridized carbons (Fsp3) is 0.385. The van der Waals surface area contributed by atoms with Crippen molar-refractivity contribution in [3.05, 3.63) is 54.1 Å². The third-order valence-corrected chi connectivity index (χ3v) is 7.52. The molecule has 3 N–H and O–H groups in total. The highest BCUT2D eigenvalue weighted by molar-refractivity contribution is 6.22. The Hall–Kier alpha value is -4.17. The molecule has 2 aromatic carbocycles. The molecular formula is C26H25F3N4O7. The molecule has 40 heavy (non-hydrogen) atoms. The lowest BCUT2D eigenvalue weighted by molar-refractivity contribution is -0.274. The number of aliphatic hydroxyl groups is 1. The van der Waals surface area contributed by atoms with Gasteiger partial charge in [0.1, 0.15) is 23.9 Å². The van der Waals surface area contributed by atoms with E-state index >= 15 is 0 Å². The molecule has 3 heterocycles. The second kappa shape index (κ2) is 10.1. The summed E-state index contributed by atoms with van der Waals surface area (Å²) in [7, 11) is 0. The number of nitrogens with one attached hydrogen (secondary N) is 2. The predicted molar refractivity (Wildman–Crippen MR) is 130 cm³/mol. The Kier molecular flexibility index (Phi) is 6.92. The van der Waals surface area contributed by atoms with E-state index in [2.05, 4.69) is 15.4 Å². The summed E-state index contributed by atoms with van der Waals surface area (Å²) >= 11 is 0. The van der Waals surface area contributed by atoms with Gasteiger partial charge in [-0.15, -0.1) is 13.2 Å². The van der Waals surface area contributed by atoms with Crippen molar-refractivity contribution >= 4 is 23.8 Å². The van der Waals surface area contributed by atoms with Gasteiger partial charge in [-0.1, -0.05) is 12.1 Å². The van der Waals surface area contributed by atoms with E-state index in [1.807, 2.05) is 0 Å². The van der Waals surface area contributed by atoms with Gasteiger partial charge in [-0.05, 0) is 54.8 Å². The number of hydrogen-bond acceptors (Lipinski definition) is 8. The molecule has 3 aliphatic heterocycles. The van der Waals surface area contributed by atoms with E-state index in [4.69, 9.17) is 9.84 Å². The molecule has 0 bridgehead atoms. The van der Waals surface area contributed by atoms with Crippen molar-refractivity contribution in [1.29, 1.82) is 0 Å². The highest BCUT2D eigenvalue weighted by atomic mass is 19.4. The van der Waals surface area contributed by atoms with E-state index in [1.54, 1.807) is 9.80 Å². The van der Waals surface area contributed by atoms with Gasteiger partial charge in [-0.25, -0.2) is 4.79 Å². The molecule has 3 fully saturated rings. The number of carbonyl (C=O) groups excluding carboxylic acids is 4. The summed E-state index contributed by atoms with van der Waals surface area (Å²) in [6, 6.07) is 9.91. The molecule has 1 spiro atoms. The van der Waals surface area contributed by atoms with Crippen molar-refractivity contribution < 1.29 is 46.9 Å². The molecule has 212 valence electrons. The molecule has 3 saturated heterocycles. The molecule has 0 unspecified atom stereocenters. The SMILES string of the molecule is O=C1NC(=O)C(c2ccc(Oc3ccc(OC(F)(F)F)cc3)cc2)(N2CCC3(CC2)CN(C(=O)CO)C3)C(=O)N1. The van der Waals surface area contributed by atoms with E-state index in [0.29, 0.717) is 39.0 Å². The van der Waals surface area contributed by atoms with Crippen molar-refractivity contribution in [3.63, 3.8) is 0 Å². The minimum Gasteiger partial charge on any atom is -0.457 e. The standard InChI is InChI=1S/C26H25F3N4O7/c27-26(28,29)40-19-7-5-18(6-8-19)39-17-3-1-16(2-4-17)25(21(36)30-23(38)31-22(25)37)33-11-9-24(10-12-33)14-32(15-24)20(35)13-34/h1-8,34H,9-15H2,(H2,30,31,36,37,38). The first kappa shape index (κ1) is 27.4. The molecule has 5 amide bonds. The summed E-state index contributed by atoms with van der Waals surface area (Å²) in [6.45, 7) is 1.08. The van der Waals surface area contributed by atoms with Crippen LogP contribution in [-0.2, 0) is 19.9 Å². The number of aliphatic hydroxyl groups excluding tert-OH is 1. The van der Waals surface area contributed by atoms with E-state index in [0.717, 1.165) is 12.1 Å². The summed E-state index contributed by atoms with van der Waals surface area (Å²) in [4.78, 5) is 53.6. The van der Waals surface area contributed by atoms with Crippen LogP contribution in [0.2, 0.25) is 0 Å². The highest BCUT2D eigenvalue weighted by Gasteiger charge is 2.58. The van der Waals surface area contributed by atoms with Crippen molar-refractivity contribution in [3.8, 4) is 17.2 Å². The van der Waals surface area contributed by atoms with Crippen LogP contribution in [-0.4, -0.2) is 77.8 Å². The van der Waals surface area contributed by atoms with Crippen LogP contribution in [0.3, 0.4) is 0 Å². The van der Waals surface area contributed by atoms with Gasteiger partial charge < -0.3 is 19.5 Å². The van der Waals surface area contributed by atoms with Crippen LogP contribution in [0.5, 0.6) is 17.2 Å². The lowest BCUT2D eigenvalue weighted by Crippen LogP contribution is -2.73. The number of likely N-dealkylation sites (tertiary alicyclic amines) is 2. The van der Waals surface area contributed by atoms with Gasteiger partial charge in [0, 0.05) is 31.6 Å². The zero-order valence-corrected chi connectivity index (χ0v) is 21.0. The summed E-state index contributed by atoms with van der Waals surface area (Å²) in [5.74, 6) is -1.82. The second-order valence-corrected chi connectivity index (χ2v) is 9.99. The van der Waals surface area contributed by atoms with Gasteiger partial charge in [0.2, 0.25) is 11.4 Å². The maximum absolute atomic E-state index is 13.3. The van der Waals surface area contributed by atoms with Crippen LogP contribution in [0.1, 0.15) is 18.4 Å². The molecule has 0 radical (unpaired) electrons. The number of carbonyl (C=O) groups is 4. The van der Waals surface area contributed by atoms with Gasteiger partial charge in [-0.2, -0.15) is 0 Å².